The van der Waals surface area contributed by atoms with Crippen molar-refractivity contribution >= 4 is 17.5 Å². The van der Waals surface area contributed by atoms with Gasteiger partial charge >= 0.3 is 5.97 Å². The Balaban J connectivity index is 2.05. The first kappa shape index (κ1) is 13.5. The van der Waals surface area contributed by atoms with Crippen LogP contribution in [0.4, 0.5) is 0 Å². The number of carboxylic acids is 1. The quantitative estimate of drug-likeness (QED) is 0.894. The van der Waals surface area contributed by atoms with Gasteiger partial charge in [-0.2, -0.15) is 5.10 Å². The molecule has 1 aliphatic rings. The van der Waals surface area contributed by atoms with E-state index < -0.39 is 11.5 Å². The first-order chi connectivity index (χ1) is 9.93. The lowest BCUT2D eigenvalue weighted by Gasteiger charge is -2.30. The Hall–Kier alpha value is -2.44. The van der Waals surface area contributed by atoms with Crippen molar-refractivity contribution in [2.75, 3.05) is 6.54 Å². The molecule has 2 aromatic heterocycles. The molecule has 0 radical (unpaired) electrons. The van der Waals surface area contributed by atoms with Crippen LogP contribution < -0.4 is 0 Å². The predicted molar refractivity (Wildman–Crippen MR) is 74.0 cm³/mol. The SMILES string of the molecule is Cc1ccn2ncc(C(=O)N3CCCC3(C)C(=O)O)c2n1. The molecule has 7 heteroatoms. The van der Waals surface area contributed by atoms with E-state index >= 15 is 0 Å². The van der Waals surface area contributed by atoms with E-state index in [-0.39, 0.29) is 5.91 Å². The van der Waals surface area contributed by atoms with Crippen LogP contribution in [0.15, 0.2) is 18.5 Å². The number of nitrogens with zero attached hydrogens (tertiary/aromatic N) is 4. The van der Waals surface area contributed by atoms with E-state index in [4.69, 9.17) is 0 Å². The molecule has 21 heavy (non-hydrogen) atoms. The average Bonchev–Trinajstić information content (AvgIpc) is 3.02. The number of carboxylic acid groups (broad SMARTS) is 1. The maximum absolute atomic E-state index is 12.7. The van der Waals surface area contributed by atoms with Crippen molar-refractivity contribution in [1.82, 2.24) is 19.5 Å². The molecule has 1 fully saturated rings. The molecular formula is C14H16N4O3. The first-order valence-corrected chi connectivity index (χ1v) is 6.80. The van der Waals surface area contributed by atoms with Crippen molar-refractivity contribution in [3.05, 3.63) is 29.7 Å². The van der Waals surface area contributed by atoms with Gasteiger partial charge in [0.1, 0.15) is 11.1 Å². The highest BCUT2D eigenvalue weighted by Gasteiger charge is 2.46. The molecule has 0 aromatic carbocycles. The number of hydrogen-bond donors (Lipinski definition) is 1. The zero-order chi connectivity index (χ0) is 15.2. The van der Waals surface area contributed by atoms with Crippen LogP contribution in [-0.2, 0) is 4.79 Å². The minimum atomic E-state index is -1.16. The van der Waals surface area contributed by atoms with Gasteiger partial charge in [-0.15, -0.1) is 0 Å². The average molecular weight is 288 g/mol. The second-order valence-electron chi connectivity index (χ2n) is 5.53. The van der Waals surface area contributed by atoms with E-state index in [0.29, 0.717) is 30.6 Å². The Morgan fingerprint density at radius 1 is 1.43 bits per heavy atom. The summed E-state index contributed by atoms with van der Waals surface area (Å²) in [7, 11) is 0. The zero-order valence-corrected chi connectivity index (χ0v) is 11.9. The number of likely N-dealkylation sites (tertiary alicyclic amines) is 1. The highest BCUT2D eigenvalue weighted by atomic mass is 16.4. The van der Waals surface area contributed by atoms with E-state index in [1.807, 2.05) is 6.92 Å². The van der Waals surface area contributed by atoms with Gasteiger partial charge in [-0.3, -0.25) is 4.79 Å². The van der Waals surface area contributed by atoms with Crippen LogP contribution >= 0.6 is 0 Å². The lowest BCUT2D eigenvalue weighted by Crippen LogP contribution is -2.50. The number of rotatable bonds is 2. The largest absolute Gasteiger partial charge is 0.480 e. The maximum atomic E-state index is 12.7. The topological polar surface area (TPSA) is 87.8 Å². The number of aryl methyl sites for hydroxylation is 1. The maximum Gasteiger partial charge on any atom is 0.329 e. The molecule has 1 amide bonds. The Labute approximate surface area is 121 Å². The number of hydrogen-bond acceptors (Lipinski definition) is 4. The predicted octanol–water partition coefficient (Wildman–Crippen LogP) is 1.12. The van der Waals surface area contributed by atoms with Crippen molar-refractivity contribution in [3.8, 4) is 0 Å². The molecule has 0 saturated carbocycles. The highest BCUT2D eigenvalue weighted by Crippen LogP contribution is 2.31. The summed E-state index contributed by atoms with van der Waals surface area (Å²) in [5.41, 5.74) is 0.419. The number of aromatic nitrogens is 3. The number of fused-ring (bicyclic) bond motifs is 1. The first-order valence-electron chi connectivity index (χ1n) is 6.80. The van der Waals surface area contributed by atoms with Crippen molar-refractivity contribution < 1.29 is 14.7 Å². The second kappa shape index (κ2) is 4.54. The molecule has 7 nitrogen and oxygen atoms in total. The van der Waals surface area contributed by atoms with Crippen molar-refractivity contribution in [1.29, 1.82) is 0 Å². The van der Waals surface area contributed by atoms with Crippen LogP contribution in [0.2, 0.25) is 0 Å². The second-order valence-corrected chi connectivity index (χ2v) is 5.53. The fourth-order valence-corrected chi connectivity index (χ4v) is 2.77. The minimum Gasteiger partial charge on any atom is -0.480 e. The molecule has 1 aliphatic heterocycles. The van der Waals surface area contributed by atoms with Crippen LogP contribution in [0, 0.1) is 6.92 Å². The van der Waals surface area contributed by atoms with Gasteiger partial charge in [-0.1, -0.05) is 0 Å². The van der Waals surface area contributed by atoms with Gasteiger partial charge in [-0.05, 0) is 32.8 Å². The Kier molecular flexibility index (Phi) is 2.93. The summed E-state index contributed by atoms with van der Waals surface area (Å²) in [5.74, 6) is -1.31. The number of amides is 1. The van der Waals surface area contributed by atoms with Gasteiger partial charge in [0.05, 0.1) is 6.20 Å². The molecule has 1 atom stereocenters. The van der Waals surface area contributed by atoms with Gasteiger partial charge in [0.15, 0.2) is 5.65 Å². The fourth-order valence-electron chi connectivity index (χ4n) is 2.77. The summed E-state index contributed by atoms with van der Waals surface area (Å²) in [5, 5.41) is 13.5. The van der Waals surface area contributed by atoms with E-state index in [1.165, 1.54) is 15.6 Å². The normalized spacial score (nSPS) is 21.9. The van der Waals surface area contributed by atoms with Crippen LogP contribution in [0.5, 0.6) is 0 Å². The van der Waals surface area contributed by atoms with Crippen molar-refractivity contribution in [3.63, 3.8) is 0 Å². The van der Waals surface area contributed by atoms with Gasteiger partial charge in [0, 0.05) is 18.4 Å². The fraction of sp³-hybridized carbons (Fsp3) is 0.429. The Bertz CT molecular complexity index is 739. The van der Waals surface area contributed by atoms with Crippen molar-refractivity contribution in [2.24, 2.45) is 0 Å². The summed E-state index contributed by atoms with van der Waals surface area (Å²) in [6, 6.07) is 1.80. The molecule has 0 aliphatic carbocycles. The van der Waals surface area contributed by atoms with E-state index in [0.717, 1.165) is 5.69 Å². The summed E-state index contributed by atoms with van der Waals surface area (Å²) in [6.45, 7) is 3.86. The Morgan fingerprint density at radius 3 is 2.90 bits per heavy atom. The lowest BCUT2D eigenvalue weighted by atomic mass is 9.99. The van der Waals surface area contributed by atoms with Gasteiger partial charge in [-0.25, -0.2) is 14.3 Å². The minimum absolute atomic E-state index is 0.328. The molecule has 0 spiro atoms. The number of carbonyl (C=O) groups excluding carboxylic acids is 1. The molecule has 3 heterocycles. The molecule has 3 rings (SSSR count). The summed E-state index contributed by atoms with van der Waals surface area (Å²) in [4.78, 5) is 30.0. The zero-order valence-electron chi connectivity index (χ0n) is 11.9. The Morgan fingerprint density at radius 2 is 2.19 bits per heavy atom. The molecule has 1 unspecified atom stereocenters. The van der Waals surface area contributed by atoms with E-state index in [2.05, 4.69) is 10.1 Å². The molecule has 2 aromatic rings. The van der Waals surface area contributed by atoms with E-state index in [9.17, 15) is 14.7 Å². The summed E-state index contributed by atoms with van der Waals surface area (Å²) < 4.78 is 1.52. The third-order valence-electron chi connectivity index (χ3n) is 4.09. The van der Waals surface area contributed by atoms with Crippen LogP contribution in [0.25, 0.3) is 5.65 Å². The summed E-state index contributed by atoms with van der Waals surface area (Å²) >= 11 is 0. The van der Waals surface area contributed by atoms with E-state index in [1.54, 1.807) is 19.2 Å². The molecule has 110 valence electrons. The highest BCUT2D eigenvalue weighted by molar-refractivity contribution is 6.02. The molecule has 1 saturated heterocycles. The third kappa shape index (κ3) is 1.96. The van der Waals surface area contributed by atoms with Crippen LogP contribution in [0.1, 0.15) is 35.8 Å². The van der Waals surface area contributed by atoms with Gasteiger partial charge in [0.2, 0.25) is 0 Å². The third-order valence-corrected chi connectivity index (χ3v) is 4.09. The molecule has 0 bridgehead atoms. The number of aliphatic carboxylic acids is 1. The monoisotopic (exact) mass is 288 g/mol. The lowest BCUT2D eigenvalue weighted by molar-refractivity contribution is -0.147. The van der Waals surface area contributed by atoms with Crippen molar-refractivity contribution in [2.45, 2.75) is 32.2 Å². The van der Waals surface area contributed by atoms with Crippen LogP contribution in [0.3, 0.4) is 0 Å². The molecular weight excluding hydrogens is 272 g/mol. The van der Waals surface area contributed by atoms with Crippen LogP contribution in [-0.4, -0.2) is 48.6 Å². The summed E-state index contributed by atoms with van der Waals surface area (Å²) in [6.07, 6.45) is 4.32. The number of carbonyl (C=O) groups is 2. The standard InChI is InChI=1S/C14H16N4O3/c1-9-4-7-18-11(16-9)10(8-15-18)12(19)17-6-3-5-14(17,2)13(20)21/h4,7-8H,3,5-6H2,1-2H3,(H,20,21). The smallest absolute Gasteiger partial charge is 0.329 e. The van der Waals surface area contributed by atoms with Gasteiger partial charge in [0.25, 0.3) is 5.91 Å². The molecule has 1 N–H and O–H groups in total. The van der Waals surface area contributed by atoms with Gasteiger partial charge < -0.3 is 10.0 Å².